The van der Waals surface area contributed by atoms with Crippen LogP contribution in [0.4, 0.5) is 24.5 Å². The van der Waals surface area contributed by atoms with Crippen LogP contribution in [0.1, 0.15) is 33.0 Å². The van der Waals surface area contributed by atoms with Gasteiger partial charge in [-0.05, 0) is 30.8 Å². The molecule has 11 heteroatoms. The van der Waals surface area contributed by atoms with Gasteiger partial charge in [-0.1, -0.05) is 24.3 Å². The first kappa shape index (κ1) is 23.6. The number of nitrogens with one attached hydrogen (secondary N) is 1. The molecule has 1 spiro atoms. The summed E-state index contributed by atoms with van der Waals surface area (Å²) in [4.78, 5) is 44.0. The van der Waals surface area contributed by atoms with Crippen LogP contribution in [-0.4, -0.2) is 40.1 Å². The maximum Gasteiger partial charge on any atom is 0.418 e. The number of likely N-dealkylation sites (tertiary alicyclic amines) is 1. The Balaban J connectivity index is 1.76. The van der Waals surface area contributed by atoms with Crippen molar-refractivity contribution in [1.82, 2.24) is 9.88 Å². The van der Waals surface area contributed by atoms with E-state index in [2.05, 4.69) is 10.3 Å². The highest BCUT2D eigenvalue weighted by Crippen LogP contribution is 2.57. The smallest absolute Gasteiger partial charge is 0.323 e. The van der Waals surface area contributed by atoms with Crippen molar-refractivity contribution in [3.05, 3.63) is 99.4 Å². The highest BCUT2D eigenvalue weighted by Gasteiger charge is 2.65. The van der Waals surface area contributed by atoms with Crippen LogP contribution in [0.15, 0.2) is 67.0 Å². The van der Waals surface area contributed by atoms with Gasteiger partial charge in [0.15, 0.2) is 5.78 Å². The number of hydrogen-bond donors (Lipinski definition) is 1. The third-order valence-corrected chi connectivity index (χ3v) is 7.05. The number of nitrogens with zero attached hydrogens (tertiary/aromatic N) is 3. The van der Waals surface area contributed by atoms with Gasteiger partial charge in [-0.2, -0.15) is 13.2 Å². The number of aromatic nitrogens is 1. The van der Waals surface area contributed by atoms with Crippen LogP contribution in [0.5, 0.6) is 0 Å². The molecule has 1 saturated heterocycles. The predicted octanol–water partition coefficient (Wildman–Crippen LogP) is 4.38. The van der Waals surface area contributed by atoms with Crippen LogP contribution in [-0.2, 0) is 16.5 Å². The molecule has 184 valence electrons. The van der Waals surface area contributed by atoms with Crippen molar-refractivity contribution >= 4 is 23.1 Å². The van der Waals surface area contributed by atoms with E-state index in [1.54, 1.807) is 18.0 Å². The van der Waals surface area contributed by atoms with Crippen LogP contribution in [0.25, 0.3) is 0 Å². The molecule has 3 heterocycles. The number of ketones is 1. The molecule has 36 heavy (non-hydrogen) atoms. The summed E-state index contributed by atoms with van der Waals surface area (Å²) in [6, 6.07) is 12.2. The van der Waals surface area contributed by atoms with Gasteiger partial charge in [0.05, 0.1) is 22.1 Å². The summed E-state index contributed by atoms with van der Waals surface area (Å²) < 4.78 is 41.5. The third kappa shape index (κ3) is 3.38. The molecule has 1 amide bonds. The van der Waals surface area contributed by atoms with Gasteiger partial charge in [0.25, 0.3) is 5.69 Å². The van der Waals surface area contributed by atoms with Gasteiger partial charge in [-0.25, -0.2) is 0 Å². The molecular formula is C25H19F3N4O4. The van der Waals surface area contributed by atoms with Gasteiger partial charge < -0.3 is 5.32 Å². The monoisotopic (exact) mass is 496 g/mol. The van der Waals surface area contributed by atoms with Gasteiger partial charge in [-0.15, -0.1) is 0 Å². The zero-order chi connectivity index (χ0) is 25.8. The number of fused-ring (bicyclic) bond motifs is 2. The number of carbonyl (C=O) groups excluding carboxylic acids is 2. The number of Topliss-reactive ketones (excluding diaryl/α,β-unsaturated/α-hetero) is 1. The molecule has 2 aliphatic rings. The minimum absolute atomic E-state index is 0.0464. The Hall–Kier alpha value is -4.12. The van der Waals surface area contributed by atoms with E-state index < -0.39 is 45.7 Å². The number of pyridine rings is 1. The van der Waals surface area contributed by atoms with E-state index in [9.17, 15) is 32.9 Å². The summed E-state index contributed by atoms with van der Waals surface area (Å²) in [5, 5.41) is 13.8. The summed E-state index contributed by atoms with van der Waals surface area (Å²) in [5.41, 5.74) is -2.62. The molecule has 2 aliphatic heterocycles. The molecule has 1 N–H and O–H groups in total. The lowest BCUT2D eigenvalue weighted by atomic mass is 9.70. The average molecular weight is 496 g/mol. The van der Waals surface area contributed by atoms with Gasteiger partial charge in [0, 0.05) is 48.1 Å². The molecular weight excluding hydrogens is 477 g/mol. The molecule has 0 saturated carbocycles. The van der Waals surface area contributed by atoms with Crippen LogP contribution in [0.2, 0.25) is 0 Å². The van der Waals surface area contributed by atoms with E-state index in [0.717, 1.165) is 6.07 Å². The number of para-hydroxylation sites is 1. The molecule has 8 nitrogen and oxygen atoms in total. The standard InChI is InChI=1S/C25H19F3N4O4/c1-31-13-17(15-4-2-5-16(12-15)32(35)36)20(22(33)14-8-10-29-11-9-14)24(31)18-6-3-7-19(25(26,27)28)21(18)30-23(24)34/h2-12,17,20H,13H2,1H3,(H,30,34)/t17-,20+,24-/m1/s1. The Kier molecular flexibility index (Phi) is 5.40. The minimum atomic E-state index is -4.73. The number of amides is 1. The number of nitro benzene ring substituents is 1. The molecule has 3 aromatic rings. The third-order valence-electron chi connectivity index (χ3n) is 7.05. The number of nitro groups is 1. The number of non-ortho nitro benzene ring substituents is 1. The van der Waals surface area contributed by atoms with Gasteiger partial charge in [-0.3, -0.25) is 29.6 Å². The summed E-state index contributed by atoms with van der Waals surface area (Å²) in [5.74, 6) is -3.12. The van der Waals surface area contributed by atoms with E-state index in [-0.39, 0.29) is 29.0 Å². The SMILES string of the molecule is CN1C[C@H](c2cccc([N+](=O)[O-])c2)[C@@H](C(=O)c2ccncc2)[C@]12C(=O)Nc1c(C(F)(F)F)cccc12. The molecule has 0 unspecified atom stereocenters. The Labute approximate surface area is 202 Å². The van der Waals surface area contributed by atoms with Crippen molar-refractivity contribution in [2.45, 2.75) is 17.6 Å². The molecule has 0 aliphatic carbocycles. The number of benzene rings is 2. The van der Waals surface area contributed by atoms with Gasteiger partial charge in [0.1, 0.15) is 5.54 Å². The lowest BCUT2D eigenvalue weighted by Crippen LogP contribution is -2.51. The Morgan fingerprint density at radius 2 is 1.86 bits per heavy atom. The first-order chi connectivity index (χ1) is 17.1. The average Bonchev–Trinajstić information content (AvgIpc) is 3.33. The maximum atomic E-state index is 14.0. The highest BCUT2D eigenvalue weighted by molar-refractivity contribution is 6.12. The fourth-order valence-electron chi connectivity index (χ4n) is 5.57. The van der Waals surface area contributed by atoms with E-state index >= 15 is 0 Å². The van der Waals surface area contributed by atoms with E-state index in [1.165, 1.54) is 54.9 Å². The number of carbonyl (C=O) groups is 2. The topological polar surface area (TPSA) is 105 Å². The largest absolute Gasteiger partial charge is 0.418 e. The number of halogens is 3. The fourth-order valence-corrected chi connectivity index (χ4v) is 5.57. The first-order valence-electron chi connectivity index (χ1n) is 11.0. The second kappa shape index (κ2) is 8.23. The number of anilines is 1. The van der Waals surface area contributed by atoms with Gasteiger partial charge >= 0.3 is 6.18 Å². The molecule has 1 fully saturated rings. The Morgan fingerprint density at radius 3 is 2.53 bits per heavy atom. The number of hydrogen-bond acceptors (Lipinski definition) is 6. The van der Waals surface area contributed by atoms with Crippen molar-refractivity contribution < 1.29 is 27.7 Å². The predicted molar refractivity (Wildman–Crippen MR) is 122 cm³/mol. The summed E-state index contributed by atoms with van der Waals surface area (Å²) in [6.45, 7) is 0.103. The van der Waals surface area contributed by atoms with E-state index in [0.29, 0.717) is 5.56 Å². The molecule has 2 aromatic carbocycles. The summed E-state index contributed by atoms with van der Waals surface area (Å²) >= 11 is 0. The van der Waals surface area contributed by atoms with Crippen LogP contribution < -0.4 is 5.32 Å². The molecule has 1 aromatic heterocycles. The molecule has 3 atom stereocenters. The van der Waals surface area contributed by atoms with Crippen molar-refractivity contribution in [3.63, 3.8) is 0 Å². The molecule has 5 rings (SSSR count). The zero-order valence-corrected chi connectivity index (χ0v) is 18.8. The van der Waals surface area contributed by atoms with Crippen LogP contribution in [0.3, 0.4) is 0 Å². The fraction of sp³-hybridized carbons (Fsp3) is 0.240. The van der Waals surface area contributed by atoms with E-state index in [4.69, 9.17) is 0 Å². The highest BCUT2D eigenvalue weighted by atomic mass is 19.4. The summed E-state index contributed by atoms with van der Waals surface area (Å²) in [6.07, 6.45) is -1.91. The molecule has 0 bridgehead atoms. The minimum Gasteiger partial charge on any atom is -0.323 e. The van der Waals surface area contributed by atoms with Crippen molar-refractivity contribution in [2.24, 2.45) is 5.92 Å². The maximum absolute atomic E-state index is 14.0. The van der Waals surface area contributed by atoms with E-state index in [1.807, 2.05) is 0 Å². The van der Waals surface area contributed by atoms with Crippen LogP contribution in [0, 0.1) is 16.0 Å². The zero-order valence-electron chi connectivity index (χ0n) is 18.8. The first-order valence-corrected chi connectivity index (χ1v) is 11.0. The van der Waals surface area contributed by atoms with Crippen molar-refractivity contribution in [2.75, 3.05) is 18.9 Å². The lowest BCUT2D eigenvalue weighted by molar-refractivity contribution is -0.384. The lowest BCUT2D eigenvalue weighted by Gasteiger charge is -2.35. The summed E-state index contributed by atoms with van der Waals surface area (Å²) in [7, 11) is 1.57. The molecule has 0 radical (unpaired) electrons. The number of likely N-dealkylation sites (N-methyl/N-ethyl adjacent to an activating group) is 1. The normalized spacial score (nSPS) is 23.5. The quantitative estimate of drug-likeness (QED) is 0.327. The number of alkyl halides is 3. The van der Waals surface area contributed by atoms with Crippen LogP contribution >= 0.6 is 0 Å². The second-order valence-electron chi connectivity index (χ2n) is 8.86. The Bertz CT molecular complexity index is 1400. The van der Waals surface area contributed by atoms with Crippen molar-refractivity contribution in [1.29, 1.82) is 0 Å². The second-order valence-corrected chi connectivity index (χ2v) is 8.86. The number of rotatable bonds is 4. The van der Waals surface area contributed by atoms with Gasteiger partial charge in [0.2, 0.25) is 5.91 Å². The Morgan fingerprint density at radius 1 is 1.17 bits per heavy atom. The van der Waals surface area contributed by atoms with Crippen molar-refractivity contribution in [3.8, 4) is 0 Å².